The number of ketones is 1. The number of hydrogen-bond acceptors (Lipinski definition) is 3. The van der Waals surface area contributed by atoms with Gasteiger partial charge in [-0.25, -0.2) is 4.79 Å². The van der Waals surface area contributed by atoms with Crippen LogP contribution >= 0.6 is 0 Å². The molecule has 14 heavy (non-hydrogen) atoms. The van der Waals surface area contributed by atoms with E-state index < -0.39 is 17.7 Å². The minimum Gasteiger partial charge on any atom is -0.444 e. The van der Waals surface area contributed by atoms with Crippen molar-refractivity contribution in [3.63, 3.8) is 0 Å². The number of carbonyl (C=O) groups excluding carboxylic acids is 2. The average molecular weight is 201 g/mol. The highest BCUT2D eigenvalue weighted by Gasteiger charge is 2.20. The molecule has 0 aliphatic rings. The van der Waals surface area contributed by atoms with Gasteiger partial charge in [-0.1, -0.05) is 6.92 Å². The molecule has 82 valence electrons. The van der Waals surface area contributed by atoms with Gasteiger partial charge in [0, 0.05) is 0 Å². The van der Waals surface area contributed by atoms with Crippen LogP contribution in [0.5, 0.6) is 0 Å². The topological polar surface area (TPSA) is 55.4 Å². The minimum atomic E-state index is -0.542. The third-order valence-electron chi connectivity index (χ3n) is 1.59. The summed E-state index contributed by atoms with van der Waals surface area (Å²) in [4.78, 5) is 22.3. The lowest BCUT2D eigenvalue weighted by atomic mass is 10.1. The number of amides is 1. The molecule has 0 bridgehead atoms. The van der Waals surface area contributed by atoms with Gasteiger partial charge in [0.15, 0.2) is 5.78 Å². The Hall–Kier alpha value is -1.06. The molecule has 0 aromatic carbocycles. The van der Waals surface area contributed by atoms with Gasteiger partial charge in [-0.15, -0.1) is 0 Å². The summed E-state index contributed by atoms with van der Waals surface area (Å²) < 4.78 is 5.02. The van der Waals surface area contributed by atoms with Gasteiger partial charge in [0.25, 0.3) is 0 Å². The Morgan fingerprint density at radius 1 is 1.36 bits per heavy atom. The molecule has 0 aliphatic carbocycles. The van der Waals surface area contributed by atoms with Gasteiger partial charge in [-0.3, -0.25) is 4.79 Å². The largest absolute Gasteiger partial charge is 0.444 e. The number of Topliss-reactive ketones (excluding diaryl/α,β-unsaturated/α-hetero) is 1. The molecule has 0 unspecified atom stereocenters. The lowest BCUT2D eigenvalue weighted by Gasteiger charge is -2.21. The van der Waals surface area contributed by atoms with Crippen LogP contribution in [0.4, 0.5) is 4.79 Å². The van der Waals surface area contributed by atoms with Crippen LogP contribution < -0.4 is 5.32 Å². The predicted octanol–water partition coefficient (Wildman–Crippen LogP) is 1.88. The second-order valence-corrected chi connectivity index (χ2v) is 4.22. The van der Waals surface area contributed by atoms with Gasteiger partial charge in [0.2, 0.25) is 0 Å². The van der Waals surface area contributed by atoms with Crippen LogP contribution in [0.2, 0.25) is 0 Å². The van der Waals surface area contributed by atoms with E-state index in [1.54, 1.807) is 20.8 Å². The van der Waals surface area contributed by atoms with Crippen molar-refractivity contribution in [2.24, 2.45) is 0 Å². The normalized spacial score (nSPS) is 13.2. The summed E-state index contributed by atoms with van der Waals surface area (Å²) in [7, 11) is 0. The molecule has 0 saturated heterocycles. The van der Waals surface area contributed by atoms with Crippen molar-refractivity contribution in [2.45, 2.75) is 52.7 Å². The van der Waals surface area contributed by atoms with Crippen LogP contribution in [0.1, 0.15) is 41.0 Å². The molecule has 1 atom stereocenters. The van der Waals surface area contributed by atoms with E-state index in [0.29, 0.717) is 6.42 Å². The molecule has 0 aliphatic heterocycles. The summed E-state index contributed by atoms with van der Waals surface area (Å²) in [6, 6.07) is -0.440. The Morgan fingerprint density at radius 2 is 1.86 bits per heavy atom. The minimum absolute atomic E-state index is 0.0571. The van der Waals surface area contributed by atoms with Gasteiger partial charge in [0.05, 0.1) is 6.04 Å². The monoisotopic (exact) mass is 201 g/mol. The van der Waals surface area contributed by atoms with Gasteiger partial charge in [0.1, 0.15) is 5.60 Å². The number of nitrogens with one attached hydrogen (secondary N) is 1. The van der Waals surface area contributed by atoms with Crippen molar-refractivity contribution in [3.05, 3.63) is 0 Å². The summed E-state index contributed by atoms with van der Waals surface area (Å²) in [5.74, 6) is -0.0571. The maximum Gasteiger partial charge on any atom is 0.408 e. The fraction of sp³-hybridized carbons (Fsp3) is 0.800. The number of alkyl carbamates (subject to hydrolysis) is 1. The molecule has 0 aromatic heterocycles. The second-order valence-electron chi connectivity index (χ2n) is 4.22. The summed E-state index contributed by atoms with van der Waals surface area (Å²) >= 11 is 0. The van der Waals surface area contributed by atoms with E-state index in [2.05, 4.69) is 5.32 Å². The molecule has 4 heteroatoms. The Balaban J connectivity index is 4.11. The molecule has 0 aromatic rings. The van der Waals surface area contributed by atoms with Gasteiger partial charge < -0.3 is 10.1 Å². The highest BCUT2D eigenvalue weighted by molar-refractivity contribution is 5.85. The molecule has 0 saturated carbocycles. The van der Waals surface area contributed by atoms with Crippen LogP contribution in [-0.4, -0.2) is 23.5 Å². The molecule has 1 N–H and O–H groups in total. The van der Waals surface area contributed by atoms with E-state index in [0.717, 1.165) is 0 Å². The Kier molecular flexibility index (Phi) is 4.60. The zero-order valence-electron chi connectivity index (χ0n) is 9.51. The summed E-state index contributed by atoms with van der Waals surface area (Å²) in [5, 5.41) is 2.51. The van der Waals surface area contributed by atoms with Crippen LogP contribution in [0.15, 0.2) is 0 Å². The third-order valence-corrected chi connectivity index (χ3v) is 1.59. The van der Waals surface area contributed by atoms with E-state index in [9.17, 15) is 9.59 Å². The van der Waals surface area contributed by atoms with E-state index in [4.69, 9.17) is 4.74 Å². The first-order valence-electron chi connectivity index (χ1n) is 4.76. The summed E-state index contributed by atoms with van der Waals surface area (Å²) in [6.45, 7) is 8.62. The van der Waals surface area contributed by atoms with Gasteiger partial charge >= 0.3 is 6.09 Å². The molecule has 0 heterocycles. The first-order chi connectivity index (χ1) is 6.26. The van der Waals surface area contributed by atoms with Crippen LogP contribution in [0.25, 0.3) is 0 Å². The summed E-state index contributed by atoms with van der Waals surface area (Å²) in [5.41, 5.74) is -0.529. The summed E-state index contributed by atoms with van der Waals surface area (Å²) in [6.07, 6.45) is 0.0359. The van der Waals surface area contributed by atoms with Crippen molar-refractivity contribution < 1.29 is 14.3 Å². The van der Waals surface area contributed by atoms with Crippen molar-refractivity contribution in [1.82, 2.24) is 5.32 Å². The molecule has 0 rings (SSSR count). The second kappa shape index (κ2) is 4.98. The maximum absolute atomic E-state index is 11.2. The lowest BCUT2D eigenvalue weighted by molar-refractivity contribution is -0.119. The zero-order valence-corrected chi connectivity index (χ0v) is 9.51. The van der Waals surface area contributed by atoms with Crippen LogP contribution in [0.3, 0.4) is 0 Å². The van der Waals surface area contributed by atoms with Crippen molar-refractivity contribution in [1.29, 1.82) is 0 Å². The van der Waals surface area contributed by atoms with Crippen molar-refractivity contribution >= 4 is 11.9 Å². The molecular formula is C10H19NO3. The number of hydrogen-bond donors (Lipinski definition) is 1. The smallest absolute Gasteiger partial charge is 0.408 e. The quantitative estimate of drug-likeness (QED) is 0.758. The maximum atomic E-state index is 11.2. The van der Waals surface area contributed by atoms with E-state index in [-0.39, 0.29) is 5.78 Å². The Labute approximate surface area is 85.0 Å². The SMILES string of the molecule is CC[C@@H](NC(=O)OC(C)(C)C)C(C)=O. The molecule has 1 amide bonds. The molecule has 4 nitrogen and oxygen atoms in total. The zero-order chi connectivity index (χ0) is 11.4. The standard InChI is InChI=1S/C10H19NO3/c1-6-8(7(2)12)11-9(13)14-10(3,4)5/h8H,6H2,1-5H3,(H,11,13)/t8-/m1/s1. The fourth-order valence-corrected chi connectivity index (χ4v) is 0.941. The van der Waals surface area contributed by atoms with E-state index >= 15 is 0 Å². The number of rotatable bonds is 3. The fourth-order valence-electron chi connectivity index (χ4n) is 0.941. The highest BCUT2D eigenvalue weighted by atomic mass is 16.6. The Bertz CT molecular complexity index is 218. The molecular weight excluding hydrogens is 182 g/mol. The molecule has 0 spiro atoms. The van der Waals surface area contributed by atoms with E-state index in [1.165, 1.54) is 6.92 Å². The Morgan fingerprint density at radius 3 is 2.14 bits per heavy atom. The van der Waals surface area contributed by atoms with E-state index in [1.807, 2.05) is 6.92 Å². The molecule has 0 radical (unpaired) electrons. The average Bonchev–Trinajstić information content (AvgIpc) is 1.96. The van der Waals surface area contributed by atoms with Crippen LogP contribution in [0, 0.1) is 0 Å². The lowest BCUT2D eigenvalue weighted by Crippen LogP contribution is -2.42. The first kappa shape index (κ1) is 12.9. The van der Waals surface area contributed by atoms with Crippen LogP contribution in [-0.2, 0) is 9.53 Å². The first-order valence-corrected chi connectivity index (χ1v) is 4.76. The molecule has 0 fully saturated rings. The number of carbonyl (C=O) groups is 2. The van der Waals surface area contributed by atoms with Gasteiger partial charge in [-0.05, 0) is 34.1 Å². The predicted molar refractivity (Wildman–Crippen MR) is 54.1 cm³/mol. The highest BCUT2D eigenvalue weighted by Crippen LogP contribution is 2.07. The van der Waals surface area contributed by atoms with Crippen molar-refractivity contribution in [3.8, 4) is 0 Å². The number of ether oxygens (including phenoxy) is 1. The third kappa shape index (κ3) is 5.56. The van der Waals surface area contributed by atoms with Crippen molar-refractivity contribution in [2.75, 3.05) is 0 Å². The van der Waals surface area contributed by atoms with Gasteiger partial charge in [-0.2, -0.15) is 0 Å².